The highest BCUT2D eigenvalue weighted by Crippen LogP contribution is 2.23. The molecule has 2 unspecified atom stereocenters. The molecule has 0 radical (unpaired) electrons. The highest BCUT2D eigenvalue weighted by Gasteiger charge is 2.30. The third kappa shape index (κ3) is 4.30. The van der Waals surface area contributed by atoms with E-state index >= 15 is 0 Å². The Kier molecular flexibility index (Phi) is 4.26. The van der Waals surface area contributed by atoms with Gasteiger partial charge in [-0.15, -0.1) is 0 Å². The average Bonchev–Trinajstić information content (AvgIpc) is 2.82. The summed E-state index contributed by atoms with van der Waals surface area (Å²) in [6.07, 6.45) is 1.46. The lowest BCUT2D eigenvalue weighted by Crippen LogP contribution is -1.73. The van der Waals surface area contributed by atoms with Gasteiger partial charge in [0.25, 0.3) is 0 Å². The van der Waals surface area contributed by atoms with E-state index in [0.29, 0.717) is 6.10 Å². The zero-order valence-corrected chi connectivity index (χ0v) is 8.79. The number of halogens is 1. The number of hydrogen-bond donors (Lipinski definition) is 0. The fourth-order valence-electron chi connectivity index (χ4n) is 0.873. The van der Waals surface area contributed by atoms with Gasteiger partial charge in [-0.25, -0.2) is 0 Å². The van der Waals surface area contributed by atoms with Crippen molar-refractivity contribution in [2.24, 2.45) is 0 Å². The summed E-state index contributed by atoms with van der Waals surface area (Å²) in [7, 11) is 0. The van der Waals surface area contributed by atoms with Crippen LogP contribution < -0.4 is 0 Å². The molecular formula is C11H15ClO. The highest BCUT2D eigenvalue weighted by atomic mass is 35.5. The van der Waals surface area contributed by atoms with Gasteiger partial charge in [0.2, 0.25) is 0 Å². The van der Waals surface area contributed by atoms with Crippen molar-refractivity contribution in [1.29, 1.82) is 0 Å². The van der Waals surface area contributed by atoms with Crippen molar-refractivity contribution in [3.05, 3.63) is 35.9 Å². The van der Waals surface area contributed by atoms with Crippen LogP contribution in [0.1, 0.15) is 19.4 Å². The Balaban J connectivity index is 0.000000145. The zero-order chi connectivity index (χ0) is 9.68. The van der Waals surface area contributed by atoms with Gasteiger partial charge in [-0.3, -0.25) is 0 Å². The molecule has 0 amide bonds. The van der Waals surface area contributed by atoms with Crippen LogP contribution in [0.3, 0.4) is 0 Å². The number of benzene rings is 1. The molecule has 2 rings (SSSR count). The van der Waals surface area contributed by atoms with Crippen molar-refractivity contribution in [1.82, 2.24) is 0 Å². The van der Waals surface area contributed by atoms with Crippen LogP contribution in [0.15, 0.2) is 30.3 Å². The van der Waals surface area contributed by atoms with Gasteiger partial charge < -0.3 is 4.74 Å². The van der Waals surface area contributed by atoms with E-state index in [1.165, 1.54) is 5.56 Å². The molecule has 0 aliphatic carbocycles. The van der Waals surface area contributed by atoms with E-state index < -0.39 is 0 Å². The molecule has 1 aromatic carbocycles. The van der Waals surface area contributed by atoms with E-state index in [-0.39, 0.29) is 5.56 Å². The predicted octanol–water partition coefficient (Wildman–Crippen LogP) is 3.22. The standard InChI is InChI=1S/C8H10.C3H5ClO/c1-2-8-6-4-3-5-7-8;1-2-3(4)5-2/h3-7H,2H2,1H3;2-3H,1H3. The van der Waals surface area contributed by atoms with Crippen molar-refractivity contribution < 1.29 is 4.74 Å². The quantitative estimate of drug-likeness (QED) is 0.499. The highest BCUT2D eigenvalue weighted by molar-refractivity contribution is 6.21. The molecule has 1 aliphatic rings. The summed E-state index contributed by atoms with van der Waals surface area (Å²) < 4.78 is 4.68. The normalized spacial score (nSPS) is 24.5. The summed E-state index contributed by atoms with van der Waals surface area (Å²) in [5, 5.41) is 0. The Morgan fingerprint density at radius 3 is 2.00 bits per heavy atom. The van der Waals surface area contributed by atoms with Gasteiger partial charge in [0, 0.05) is 0 Å². The lowest BCUT2D eigenvalue weighted by atomic mass is 10.2. The molecule has 1 aliphatic heterocycles. The molecule has 13 heavy (non-hydrogen) atoms. The summed E-state index contributed by atoms with van der Waals surface area (Å²) in [5.41, 5.74) is 1.43. The van der Waals surface area contributed by atoms with Gasteiger partial charge in [-0.1, -0.05) is 48.9 Å². The Bertz CT molecular complexity index is 229. The van der Waals surface area contributed by atoms with Crippen molar-refractivity contribution in [3.63, 3.8) is 0 Å². The Hall–Kier alpha value is -0.530. The first-order valence-corrected chi connectivity index (χ1v) is 5.01. The molecule has 0 bridgehead atoms. The van der Waals surface area contributed by atoms with Gasteiger partial charge in [0.15, 0.2) is 5.56 Å². The summed E-state index contributed by atoms with van der Waals surface area (Å²) in [5.74, 6) is 0. The Labute approximate surface area is 84.7 Å². The van der Waals surface area contributed by atoms with Crippen LogP contribution >= 0.6 is 11.6 Å². The third-order valence-electron chi connectivity index (χ3n) is 1.89. The number of epoxide rings is 1. The van der Waals surface area contributed by atoms with E-state index in [1.54, 1.807) is 0 Å². The SMILES string of the molecule is CC1OC1Cl.CCc1ccccc1. The molecule has 72 valence electrons. The molecule has 0 saturated carbocycles. The summed E-state index contributed by atoms with van der Waals surface area (Å²) in [6, 6.07) is 10.5. The molecule has 1 saturated heterocycles. The molecule has 2 heteroatoms. The van der Waals surface area contributed by atoms with Crippen LogP contribution in [0.25, 0.3) is 0 Å². The first kappa shape index (κ1) is 10.6. The van der Waals surface area contributed by atoms with Crippen LogP contribution in [-0.2, 0) is 11.2 Å². The lowest BCUT2D eigenvalue weighted by molar-refractivity contribution is 0.411. The second-order valence-electron chi connectivity index (χ2n) is 3.03. The summed E-state index contributed by atoms with van der Waals surface area (Å²) in [6.45, 7) is 4.10. The zero-order valence-electron chi connectivity index (χ0n) is 8.03. The van der Waals surface area contributed by atoms with E-state index in [2.05, 4.69) is 35.9 Å². The second kappa shape index (κ2) is 5.25. The third-order valence-corrected chi connectivity index (χ3v) is 2.35. The summed E-state index contributed by atoms with van der Waals surface area (Å²) >= 11 is 5.31. The molecule has 2 atom stereocenters. The Morgan fingerprint density at radius 2 is 1.77 bits per heavy atom. The minimum atomic E-state index is 0.0231. The van der Waals surface area contributed by atoms with Crippen LogP contribution in [0, 0.1) is 0 Å². The second-order valence-corrected chi connectivity index (χ2v) is 3.46. The van der Waals surface area contributed by atoms with Gasteiger partial charge in [0.1, 0.15) is 0 Å². The fraction of sp³-hybridized carbons (Fsp3) is 0.455. The smallest absolute Gasteiger partial charge is 0.157 e. The van der Waals surface area contributed by atoms with Gasteiger partial charge in [-0.2, -0.15) is 0 Å². The molecule has 0 spiro atoms. The van der Waals surface area contributed by atoms with Crippen LogP contribution in [0.5, 0.6) is 0 Å². The first-order valence-electron chi connectivity index (χ1n) is 4.57. The molecule has 1 fully saturated rings. The molecule has 1 nitrogen and oxygen atoms in total. The monoisotopic (exact) mass is 198 g/mol. The van der Waals surface area contributed by atoms with E-state index in [4.69, 9.17) is 11.6 Å². The first-order chi connectivity index (χ1) is 6.24. The molecule has 1 heterocycles. The maximum Gasteiger partial charge on any atom is 0.157 e. The van der Waals surface area contributed by atoms with Gasteiger partial charge >= 0.3 is 0 Å². The van der Waals surface area contributed by atoms with E-state index in [1.807, 2.05) is 13.0 Å². The van der Waals surface area contributed by atoms with Crippen molar-refractivity contribution in [2.45, 2.75) is 31.9 Å². The van der Waals surface area contributed by atoms with Crippen LogP contribution in [0.4, 0.5) is 0 Å². The van der Waals surface area contributed by atoms with Crippen molar-refractivity contribution >= 4 is 11.6 Å². The number of rotatable bonds is 1. The number of aryl methyl sites for hydroxylation is 1. The van der Waals surface area contributed by atoms with Gasteiger partial charge in [0.05, 0.1) is 6.10 Å². The van der Waals surface area contributed by atoms with Crippen molar-refractivity contribution in [3.8, 4) is 0 Å². The molecule has 1 aromatic rings. The maximum absolute atomic E-state index is 5.31. The van der Waals surface area contributed by atoms with E-state index in [0.717, 1.165) is 6.42 Å². The fourth-order valence-corrected chi connectivity index (χ4v) is 1.04. The number of ether oxygens (including phenoxy) is 1. The predicted molar refractivity (Wildman–Crippen MR) is 56.0 cm³/mol. The minimum absolute atomic E-state index is 0.0231. The lowest BCUT2D eigenvalue weighted by Gasteiger charge is -1.89. The largest absolute Gasteiger partial charge is 0.353 e. The molecule has 0 N–H and O–H groups in total. The number of hydrogen-bond acceptors (Lipinski definition) is 1. The van der Waals surface area contributed by atoms with Crippen LogP contribution in [0.2, 0.25) is 0 Å². The minimum Gasteiger partial charge on any atom is -0.353 e. The summed E-state index contributed by atoms with van der Waals surface area (Å²) in [4.78, 5) is 0. The van der Waals surface area contributed by atoms with Crippen LogP contribution in [-0.4, -0.2) is 11.7 Å². The average molecular weight is 199 g/mol. The molecule has 0 aromatic heterocycles. The van der Waals surface area contributed by atoms with Crippen molar-refractivity contribution in [2.75, 3.05) is 0 Å². The number of alkyl halides is 1. The van der Waals surface area contributed by atoms with Gasteiger partial charge in [-0.05, 0) is 18.9 Å². The van der Waals surface area contributed by atoms with E-state index in [9.17, 15) is 0 Å². The topological polar surface area (TPSA) is 12.5 Å². The Morgan fingerprint density at radius 1 is 1.31 bits per heavy atom. The maximum atomic E-state index is 5.31. The molecular weight excluding hydrogens is 184 g/mol.